The molecule has 0 aromatic heterocycles. The summed E-state index contributed by atoms with van der Waals surface area (Å²) in [5.41, 5.74) is 1.04. The maximum Gasteiger partial charge on any atom is 0.106 e. The monoisotopic (exact) mass is 150 g/mol. The largest absolute Gasteiger partial charge is 0.379 e. The molecule has 51 valence electrons. The summed E-state index contributed by atoms with van der Waals surface area (Å²) >= 11 is 5.00. The van der Waals surface area contributed by atoms with Gasteiger partial charge in [0.15, 0.2) is 0 Å². The van der Waals surface area contributed by atoms with Crippen molar-refractivity contribution in [3.63, 3.8) is 0 Å². The van der Waals surface area contributed by atoms with Gasteiger partial charge in [0.1, 0.15) is 4.99 Å². The van der Waals surface area contributed by atoms with Gasteiger partial charge in [-0.15, -0.1) is 0 Å². The van der Waals surface area contributed by atoms with Crippen LogP contribution < -0.4 is 5.32 Å². The Bertz CT molecular complexity index is 218. The van der Waals surface area contributed by atoms with E-state index in [-0.39, 0.29) is 0 Å². The highest BCUT2D eigenvalue weighted by atomic mass is 32.1. The summed E-state index contributed by atoms with van der Waals surface area (Å²) in [4.78, 5) is 0.772. The normalized spacial score (nSPS) is 8.90. The van der Waals surface area contributed by atoms with E-state index in [1.165, 1.54) is 0 Å². The van der Waals surface area contributed by atoms with Crippen molar-refractivity contribution in [3.8, 4) is 0 Å². The molecule has 2 heteroatoms. The second-order valence-corrected chi connectivity index (χ2v) is 2.28. The number of thiocarbonyl (C=S) groups is 1. The first-order chi connectivity index (χ1) is 4.84. The Balaban J connectivity index is 2.85. The summed E-state index contributed by atoms with van der Waals surface area (Å²) in [6, 6.07) is 10.5. The molecule has 0 saturated heterocycles. The molecule has 1 nitrogen and oxygen atoms in total. The minimum Gasteiger partial charge on any atom is -0.379 e. The molecule has 0 atom stereocenters. The van der Waals surface area contributed by atoms with Gasteiger partial charge in [0, 0.05) is 12.6 Å². The van der Waals surface area contributed by atoms with E-state index in [2.05, 4.69) is 11.4 Å². The number of hydrogen-bond donors (Lipinski definition) is 1. The Labute approximate surface area is 66.1 Å². The maximum absolute atomic E-state index is 5.00. The van der Waals surface area contributed by atoms with Gasteiger partial charge in [0.25, 0.3) is 0 Å². The minimum absolute atomic E-state index is 0.772. The van der Waals surface area contributed by atoms with E-state index in [4.69, 9.17) is 12.2 Å². The fourth-order valence-corrected chi connectivity index (χ4v) is 0.819. The molecule has 10 heavy (non-hydrogen) atoms. The first-order valence-corrected chi connectivity index (χ1v) is 3.43. The zero-order chi connectivity index (χ0) is 7.40. The van der Waals surface area contributed by atoms with Crippen molar-refractivity contribution in [1.29, 1.82) is 0 Å². The van der Waals surface area contributed by atoms with Crippen molar-refractivity contribution >= 4 is 17.2 Å². The van der Waals surface area contributed by atoms with Crippen LogP contribution in [-0.4, -0.2) is 12.0 Å². The Kier molecular flexibility index (Phi) is 2.40. The molecule has 0 spiro atoms. The molecule has 1 aromatic carbocycles. The summed E-state index contributed by atoms with van der Waals surface area (Å²) in [7, 11) is 1.82. The molecule has 1 aromatic rings. The van der Waals surface area contributed by atoms with Gasteiger partial charge >= 0.3 is 0 Å². The Morgan fingerprint density at radius 3 is 2.60 bits per heavy atom. The molecule has 0 heterocycles. The quantitative estimate of drug-likeness (QED) is 0.607. The average Bonchev–Trinajstić information content (AvgIpc) is 2.05. The van der Waals surface area contributed by atoms with Crippen molar-refractivity contribution < 1.29 is 0 Å². The topological polar surface area (TPSA) is 12.0 Å². The van der Waals surface area contributed by atoms with Crippen LogP contribution in [0.2, 0.25) is 0 Å². The highest BCUT2D eigenvalue weighted by Gasteiger charge is 1.93. The second-order valence-electron chi connectivity index (χ2n) is 1.87. The van der Waals surface area contributed by atoms with Crippen molar-refractivity contribution in [3.05, 3.63) is 35.9 Å². The van der Waals surface area contributed by atoms with E-state index in [0.717, 1.165) is 10.6 Å². The van der Waals surface area contributed by atoms with Gasteiger partial charge in [-0.05, 0) is 6.07 Å². The van der Waals surface area contributed by atoms with E-state index in [9.17, 15) is 0 Å². The number of rotatable bonds is 1. The summed E-state index contributed by atoms with van der Waals surface area (Å²) < 4.78 is 0. The van der Waals surface area contributed by atoms with Crippen molar-refractivity contribution in [2.75, 3.05) is 7.05 Å². The fraction of sp³-hybridized carbons (Fsp3) is 0.125. The van der Waals surface area contributed by atoms with Gasteiger partial charge in [-0.2, -0.15) is 0 Å². The molecular weight excluding hydrogens is 142 g/mol. The summed E-state index contributed by atoms with van der Waals surface area (Å²) in [5.74, 6) is 0. The van der Waals surface area contributed by atoms with Crippen LogP contribution >= 0.6 is 12.2 Å². The lowest BCUT2D eigenvalue weighted by atomic mass is 10.2. The molecule has 0 aliphatic carbocycles. The molecule has 0 bridgehead atoms. The van der Waals surface area contributed by atoms with Gasteiger partial charge in [0.2, 0.25) is 0 Å². The van der Waals surface area contributed by atoms with E-state index in [0.29, 0.717) is 0 Å². The highest BCUT2D eigenvalue weighted by molar-refractivity contribution is 7.80. The molecule has 1 radical (unpaired) electrons. The molecule has 0 aliphatic rings. The second kappa shape index (κ2) is 3.32. The van der Waals surface area contributed by atoms with Crippen LogP contribution in [0.25, 0.3) is 0 Å². The van der Waals surface area contributed by atoms with Crippen LogP contribution in [0.3, 0.4) is 0 Å². The third-order valence-corrected chi connectivity index (χ3v) is 1.65. The third-order valence-electron chi connectivity index (χ3n) is 1.21. The van der Waals surface area contributed by atoms with Crippen LogP contribution in [0, 0.1) is 6.07 Å². The third kappa shape index (κ3) is 1.54. The molecule has 0 saturated carbocycles. The first-order valence-electron chi connectivity index (χ1n) is 3.03. The first kappa shape index (κ1) is 7.22. The van der Waals surface area contributed by atoms with Crippen LogP contribution in [0.1, 0.15) is 5.56 Å². The molecule has 1 N–H and O–H groups in total. The van der Waals surface area contributed by atoms with Crippen molar-refractivity contribution in [2.24, 2.45) is 0 Å². The smallest absolute Gasteiger partial charge is 0.106 e. The summed E-state index contributed by atoms with van der Waals surface area (Å²) in [5, 5.41) is 2.90. The zero-order valence-corrected chi connectivity index (χ0v) is 6.53. The predicted molar refractivity (Wildman–Crippen MR) is 46.0 cm³/mol. The minimum atomic E-state index is 0.772. The number of nitrogens with one attached hydrogen (secondary N) is 1. The van der Waals surface area contributed by atoms with Crippen molar-refractivity contribution in [2.45, 2.75) is 0 Å². The van der Waals surface area contributed by atoms with Crippen LogP contribution in [0.15, 0.2) is 24.3 Å². The average molecular weight is 150 g/mol. The highest BCUT2D eigenvalue weighted by Crippen LogP contribution is 1.97. The molecule has 0 aliphatic heterocycles. The molecule has 1 rings (SSSR count). The lowest BCUT2D eigenvalue weighted by Gasteiger charge is -1.99. The predicted octanol–water partition coefficient (Wildman–Crippen LogP) is 1.38. The Morgan fingerprint density at radius 1 is 1.50 bits per heavy atom. The van der Waals surface area contributed by atoms with E-state index in [1.807, 2.05) is 31.3 Å². The van der Waals surface area contributed by atoms with Gasteiger partial charge < -0.3 is 5.32 Å². The molecule has 0 amide bonds. The van der Waals surface area contributed by atoms with Crippen LogP contribution in [-0.2, 0) is 0 Å². The Morgan fingerprint density at radius 2 is 2.10 bits per heavy atom. The zero-order valence-electron chi connectivity index (χ0n) is 5.72. The van der Waals surface area contributed by atoms with Gasteiger partial charge in [-0.3, -0.25) is 0 Å². The fourth-order valence-electron chi connectivity index (χ4n) is 0.683. The van der Waals surface area contributed by atoms with Gasteiger partial charge in [0.05, 0.1) is 0 Å². The molecule has 0 fully saturated rings. The van der Waals surface area contributed by atoms with Crippen molar-refractivity contribution in [1.82, 2.24) is 5.32 Å². The lowest BCUT2D eigenvalue weighted by molar-refractivity contribution is 1.20. The summed E-state index contributed by atoms with van der Waals surface area (Å²) in [6.07, 6.45) is 0. The lowest BCUT2D eigenvalue weighted by Crippen LogP contribution is -2.15. The number of benzene rings is 1. The standard InChI is InChI=1S/C8H8NS/c1-9-8(10)7-5-3-2-4-6-7/h3-6H,1H3,(H,9,10). The summed E-state index contributed by atoms with van der Waals surface area (Å²) in [6.45, 7) is 0. The molecule has 0 unspecified atom stereocenters. The molecular formula is C8H8NS. The van der Waals surface area contributed by atoms with Gasteiger partial charge in [-0.1, -0.05) is 36.5 Å². The van der Waals surface area contributed by atoms with Gasteiger partial charge in [-0.25, -0.2) is 0 Å². The van der Waals surface area contributed by atoms with Crippen LogP contribution in [0.4, 0.5) is 0 Å². The maximum atomic E-state index is 5.00. The number of hydrogen-bond acceptors (Lipinski definition) is 1. The Hall–Kier alpha value is -0.890. The van der Waals surface area contributed by atoms with E-state index < -0.39 is 0 Å². The van der Waals surface area contributed by atoms with Crippen LogP contribution in [0.5, 0.6) is 0 Å². The van der Waals surface area contributed by atoms with E-state index >= 15 is 0 Å². The van der Waals surface area contributed by atoms with E-state index in [1.54, 1.807) is 0 Å². The SMILES string of the molecule is CNC(=S)c1cc[c]cc1.